The molecular weight excluding hydrogens is 592 g/mol. The lowest BCUT2D eigenvalue weighted by molar-refractivity contribution is 0.218. The number of hydrogen-bond donors (Lipinski definition) is 4. The predicted molar refractivity (Wildman–Crippen MR) is 202 cm³/mol. The third-order valence-corrected chi connectivity index (χ3v) is 7.82. The highest BCUT2D eigenvalue weighted by molar-refractivity contribution is 5.84. The van der Waals surface area contributed by atoms with Crippen LogP contribution in [0.1, 0.15) is 22.3 Å². The molecule has 0 aliphatic carbocycles. The van der Waals surface area contributed by atoms with E-state index in [0.717, 1.165) is 57.0 Å². The van der Waals surface area contributed by atoms with Crippen molar-refractivity contribution in [2.45, 2.75) is 27.7 Å². The molecule has 0 radical (unpaired) electrons. The van der Waals surface area contributed by atoms with Crippen LogP contribution in [0, 0.1) is 27.7 Å². The first kappa shape index (κ1) is 32.1. The quantitative estimate of drug-likeness (QED) is 0.0948. The van der Waals surface area contributed by atoms with Crippen LogP contribution in [0.2, 0.25) is 0 Å². The van der Waals surface area contributed by atoms with Crippen molar-refractivity contribution in [3.63, 3.8) is 0 Å². The number of benzene rings is 6. The van der Waals surface area contributed by atoms with E-state index in [1.807, 2.05) is 36.4 Å². The van der Waals surface area contributed by atoms with Crippen LogP contribution in [0.5, 0.6) is 11.5 Å². The molecule has 0 atom stereocenters. The number of aryl methyl sites for hydroxylation is 4. The third-order valence-electron chi connectivity index (χ3n) is 7.82. The summed E-state index contributed by atoms with van der Waals surface area (Å²) < 4.78 is 12.8. The second-order valence-electron chi connectivity index (χ2n) is 12.0. The lowest BCUT2D eigenvalue weighted by atomic mass is 10.1. The molecule has 6 rings (SSSR count). The number of rotatable bonds is 13. The van der Waals surface area contributed by atoms with Gasteiger partial charge in [-0.2, -0.15) is 0 Å². The van der Waals surface area contributed by atoms with Crippen LogP contribution in [0.25, 0.3) is 0 Å². The molecule has 0 saturated carbocycles. The zero-order chi connectivity index (χ0) is 33.3. The van der Waals surface area contributed by atoms with Gasteiger partial charge < -0.3 is 30.7 Å². The van der Waals surface area contributed by atoms with E-state index in [4.69, 9.17) is 9.47 Å². The zero-order valence-corrected chi connectivity index (χ0v) is 27.9. The Morgan fingerprint density at radius 3 is 1.02 bits per heavy atom. The highest BCUT2D eigenvalue weighted by Crippen LogP contribution is 2.39. The molecule has 6 nitrogen and oxygen atoms in total. The first-order chi connectivity index (χ1) is 23.4. The Morgan fingerprint density at radius 1 is 0.375 bits per heavy atom. The fourth-order valence-electron chi connectivity index (χ4n) is 5.56. The lowest BCUT2D eigenvalue weighted by Crippen LogP contribution is -2.12. The van der Waals surface area contributed by atoms with Gasteiger partial charge >= 0.3 is 0 Å². The van der Waals surface area contributed by atoms with Crippen molar-refractivity contribution in [2.75, 3.05) is 34.5 Å². The van der Waals surface area contributed by atoms with E-state index < -0.39 is 0 Å². The molecule has 0 amide bonds. The van der Waals surface area contributed by atoms with Crippen LogP contribution in [-0.2, 0) is 0 Å². The molecule has 0 fully saturated rings. The number of ether oxygens (including phenoxy) is 2. The average Bonchev–Trinajstić information content (AvgIpc) is 3.06. The normalized spacial score (nSPS) is 10.7. The summed E-state index contributed by atoms with van der Waals surface area (Å²) in [7, 11) is 0. The summed E-state index contributed by atoms with van der Waals surface area (Å²) in [4.78, 5) is 0. The van der Waals surface area contributed by atoms with Crippen molar-refractivity contribution >= 4 is 45.5 Å². The van der Waals surface area contributed by atoms with Gasteiger partial charge in [0.15, 0.2) is 0 Å². The molecule has 0 saturated heterocycles. The predicted octanol–water partition coefficient (Wildman–Crippen LogP) is 11.4. The van der Waals surface area contributed by atoms with Gasteiger partial charge in [0, 0.05) is 22.7 Å². The smallest absolute Gasteiger partial charge is 0.145 e. The SMILES string of the molecule is Cc1cccc(Nc2cccc(OCCOc3cccc(Nc4cccc(C)c4)c3Nc3cccc(C)c3)c2Nc2cccc(C)c2)c1. The molecule has 0 bridgehead atoms. The molecule has 0 aliphatic rings. The van der Waals surface area contributed by atoms with Gasteiger partial charge in [-0.1, -0.05) is 60.7 Å². The molecule has 0 aromatic heterocycles. The van der Waals surface area contributed by atoms with E-state index in [-0.39, 0.29) is 0 Å². The minimum atomic E-state index is 0.343. The van der Waals surface area contributed by atoms with Crippen LogP contribution in [0.15, 0.2) is 133 Å². The summed E-state index contributed by atoms with van der Waals surface area (Å²) in [6, 6.07) is 45.4. The topological polar surface area (TPSA) is 66.6 Å². The Bertz CT molecular complexity index is 1860. The van der Waals surface area contributed by atoms with Crippen molar-refractivity contribution in [3.8, 4) is 11.5 Å². The Kier molecular flexibility index (Phi) is 10.1. The fraction of sp³-hybridized carbons (Fsp3) is 0.143. The second-order valence-corrected chi connectivity index (χ2v) is 12.0. The first-order valence-electron chi connectivity index (χ1n) is 16.3. The van der Waals surface area contributed by atoms with Gasteiger partial charge in [-0.05, 0) is 123 Å². The van der Waals surface area contributed by atoms with Gasteiger partial charge in [0.25, 0.3) is 0 Å². The van der Waals surface area contributed by atoms with Crippen molar-refractivity contribution in [1.82, 2.24) is 0 Å². The maximum Gasteiger partial charge on any atom is 0.145 e. The zero-order valence-electron chi connectivity index (χ0n) is 27.9. The number of anilines is 8. The van der Waals surface area contributed by atoms with Crippen molar-refractivity contribution < 1.29 is 9.47 Å². The molecule has 4 N–H and O–H groups in total. The van der Waals surface area contributed by atoms with E-state index in [9.17, 15) is 0 Å². The maximum absolute atomic E-state index is 6.41. The molecule has 6 aromatic carbocycles. The Labute approximate surface area is 283 Å². The highest BCUT2D eigenvalue weighted by Gasteiger charge is 2.14. The van der Waals surface area contributed by atoms with E-state index in [1.54, 1.807) is 0 Å². The maximum atomic E-state index is 6.41. The van der Waals surface area contributed by atoms with E-state index >= 15 is 0 Å². The third kappa shape index (κ3) is 8.47. The minimum Gasteiger partial charge on any atom is -0.488 e. The Hall–Kier alpha value is -5.88. The van der Waals surface area contributed by atoms with Gasteiger partial charge in [0.2, 0.25) is 0 Å². The minimum absolute atomic E-state index is 0.343. The molecule has 6 heteroatoms. The van der Waals surface area contributed by atoms with E-state index in [0.29, 0.717) is 13.2 Å². The van der Waals surface area contributed by atoms with Crippen molar-refractivity contribution in [2.24, 2.45) is 0 Å². The van der Waals surface area contributed by atoms with Crippen LogP contribution in [0.3, 0.4) is 0 Å². The molecule has 0 heterocycles. The molecule has 242 valence electrons. The molecular formula is C42H42N4O2. The second kappa shape index (κ2) is 15.1. The van der Waals surface area contributed by atoms with Crippen LogP contribution >= 0.6 is 0 Å². The Morgan fingerprint density at radius 2 is 0.688 bits per heavy atom. The van der Waals surface area contributed by atoms with E-state index in [1.165, 1.54) is 22.3 Å². The molecule has 0 unspecified atom stereocenters. The van der Waals surface area contributed by atoms with Crippen molar-refractivity contribution in [1.29, 1.82) is 0 Å². The number of hydrogen-bond acceptors (Lipinski definition) is 6. The largest absolute Gasteiger partial charge is 0.488 e. The standard InChI is InChI=1S/C42H42N4O2/c1-29-11-5-15-33(25-29)43-37-19-9-21-39(41(37)45-35-17-7-13-31(3)27-35)47-23-24-48-40-22-10-20-38(44-34-16-6-12-30(2)26-34)42(40)46-36-18-8-14-32(4)28-36/h5-22,25-28,43-46H,23-24H2,1-4H3. The fourth-order valence-corrected chi connectivity index (χ4v) is 5.56. The number of nitrogens with one attached hydrogen (secondary N) is 4. The van der Waals surface area contributed by atoms with Crippen LogP contribution < -0.4 is 30.7 Å². The van der Waals surface area contributed by atoms with Gasteiger partial charge in [-0.15, -0.1) is 0 Å². The summed E-state index contributed by atoms with van der Waals surface area (Å²) in [5, 5.41) is 14.4. The average molecular weight is 635 g/mol. The molecule has 0 spiro atoms. The van der Waals surface area contributed by atoms with Gasteiger partial charge in [0.05, 0.1) is 11.4 Å². The molecule has 6 aromatic rings. The first-order valence-corrected chi connectivity index (χ1v) is 16.3. The summed E-state index contributed by atoms with van der Waals surface area (Å²) in [5.41, 5.74) is 12.3. The summed E-state index contributed by atoms with van der Waals surface area (Å²) in [5.74, 6) is 1.46. The lowest BCUT2D eigenvalue weighted by Gasteiger charge is -2.20. The summed E-state index contributed by atoms with van der Waals surface area (Å²) in [6.07, 6.45) is 0. The van der Waals surface area contributed by atoms with Crippen molar-refractivity contribution in [3.05, 3.63) is 156 Å². The van der Waals surface area contributed by atoms with Gasteiger partial charge in [-0.25, -0.2) is 0 Å². The highest BCUT2D eigenvalue weighted by atomic mass is 16.5. The van der Waals surface area contributed by atoms with Crippen LogP contribution in [-0.4, -0.2) is 13.2 Å². The van der Waals surface area contributed by atoms with Gasteiger partial charge in [0.1, 0.15) is 36.1 Å². The van der Waals surface area contributed by atoms with Crippen LogP contribution in [0.4, 0.5) is 45.5 Å². The van der Waals surface area contributed by atoms with E-state index in [2.05, 4.69) is 146 Å². The summed E-state index contributed by atoms with van der Waals surface area (Å²) in [6.45, 7) is 9.04. The summed E-state index contributed by atoms with van der Waals surface area (Å²) >= 11 is 0. The molecule has 48 heavy (non-hydrogen) atoms. The monoisotopic (exact) mass is 634 g/mol. The van der Waals surface area contributed by atoms with Gasteiger partial charge in [-0.3, -0.25) is 0 Å². The number of para-hydroxylation sites is 2. The molecule has 0 aliphatic heterocycles. The Balaban J connectivity index is 1.23.